The van der Waals surface area contributed by atoms with Gasteiger partial charge in [-0.2, -0.15) is 0 Å². The van der Waals surface area contributed by atoms with E-state index in [1.165, 1.54) is 0 Å². The molecule has 0 unspecified atom stereocenters. The minimum Gasteiger partial charge on any atom is -0.294 e. The monoisotopic (exact) mass is 270 g/mol. The Kier molecular flexibility index (Phi) is 4.11. The number of halogens is 2. The van der Waals surface area contributed by atoms with Gasteiger partial charge in [0.05, 0.1) is 15.6 Å². The van der Waals surface area contributed by atoms with Gasteiger partial charge in [0.15, 0.2) is 5.78 Å². The van der Waals surface area contributed by atoms with Crippen LogP contribution in [0.5, 0.6) is 0 Å². The maximum absolute atomic E-state index is 12.4. The van der Waals surface area contributed by atoms with Gasteiger partial charge >= 0.3 is 0 Å². The maximum atomic E-state index is 12.4. The lowest BCUT2D eigenvalue weighted by molar-refractivity contribution is 0.0876. The predicted molar refractivity (Wildman–Crippen MR) is 71.9 cm³/mol. The van der Waals surface area contributed by atoms with Crippen molar-refractivity contribution in [2.75, 3.05) is 0 Å². The molecule has 1 saturated carbocycles. The Bertz CT molecular complexity index is 400. The van der Waals surface area contributed by atoms with Crippen LogP contribution < -0.4 is 0 Å². The van der Waals surface area contributed by atoms with Crippen molar-refractivity contribution in [3.63, 3.8) is 0 Å². The zero-order valence-electron chi connectivity index (χ0n) is 9.88. The molecule has 17 heavy (non-hydrogen) atoms. The normalized spacial score (nSPS) is 24.6. The number of carbonyl (C=O) groups excluding carboxylic acids is 1. The number of Topliss-reactive ketones (excluding diaryl/α,β-unsaturated/α-hetero) is 1. The van der Waals surface area contributed by atoms with Gasteiger partial charge in [-0.3, -0.25) is 4.79 Å². The Balaban J connectivity index is 2.20. The van der Waals surface area contributed by atoms with Crippen molar-refractivity contribution in [2.45, 2.75) is 32.6 Å². The zero-order valence-corrected chi connectivity index (χ0v) is 11.4. The Morgan fingerprint density at radius 2 is 1.65 bits per heavy atom. The molecule has 0 N–H and O–H groups in total. The Hall–Kier alpha value is -0.530. The summed E-state index contributed by atoms with van der Waals surface area (Å²) < 4.78 is 0. The van der Waals surface area contributed by atoms with Crippen LogP contribution in [0.4, 0.5) is 0 Å². The summed E-state index contributed by atoms with van der Waals surface area (Å²) in [7, 11) is 0. The third kappa shape index (κ3) is 2.83. The number of hydrogen-bond acceptors (Lipinski definition) is 1. The van der Waals surface area contributed by atoms with Crippen molar-refractivity contribution in [3.05, 3.63) is 33.8 Å². The highest BCUT2D eigenvalue weighted by molar-refractivity contribution is 6.39. The van der Waals surface area contributed by atoms with Crippen molar-refractivity contribution in [1.82, 2.24) is 0 Å². The minimum atomic E-state index is 0.101. The number of ketones is 1. The van der Waals surface area contributed by atoms with E-state index in [9.17, 15) is 4.79 Å². The SMILES string of the molecule is CC1CCC(C(=O)c2c(Cl)cccc2Cl)CC1. The van der Waals surface area contributed by atoms with Crippen LogP contribution in [0.1, 0.15) is 43.0 Å². The van der Waals surface area contributed by atoms with Crippen molar-refractivity contribution in [3.8, 4) is 0 Å². The van der Waals surface area contributed by atoms with Crippen LogP contribution >= 0.6 is 23.2 Å². The van der Waals surface area contributed by atoms with E-state index >= 15 is 0 Å². The third-order valence-corrected chi connectivity index (χ3v) is 4.23. The summed E-state index contributed by atoms with van der Waals surface area (Å²) in [5, 5.41) is 0.947. The first kappa shape index (κ1) is 12.9. The van der Waals surface area contributed by atoms with Crippen molar-refractivity contribution in [2.24, 2.45) is 11.8 Å². The van der Waals surface area contributed by atoms with E-state index in [4.69, 9.17) is 23.2 Å². The molecule has 1 aromatic rings. The molecule has 92 valence electrons. The van der Waals surface area contributed by atoms with E-state index < -0.39 is 0 Å². The van der Waals surface area contributed by atoms with Crippen molar-refractivity contribution in [1.29, 1.82) is 0 Å². The second-order valence-electron chi connectivity index (χ2n) is 4.92. The molecule has 0 amide bonds. The first-order valence-corrected chi connectivity index (χ1v) is 6.83. The lowest BCUT2D eigenvalue weighted by Gasteiger charge is -2.25. The minimum absolute atomic E-state index is 0.101. The average molecular weight is 271 g/mol. The zero-order chi connectivity index (χ0) is 12.4. The van der Waals surface area contributed by atoms with Gasteiger partial charge in [-0.05, 0) is 30.9 Å². The van der Waals surface area contributed by atoms with Crippen LogP contribution in [-0.4, -0.2) is 5.78 Å². The highest BCUT2D eigenvalue weighted by atomic mass is 35.5. The molecule has 0 aliphatic heterocycles. The highest BCUT2D eigenvalue weighted by Crippen LogP contribution is 2.34. The summed E-state index contributed by atoms with van der Waals surface area (Å²) in [4.78, 5) is 12.4. The molecule has 0 atom stereocenters. The van der Waals surface area contributed by atoms with Gasteiger partial charge in [-0.25, -0.2) is 0 Å². The van der Waals surface area contributed by atoms with Gasteiger partial charge < -0.3 is 0 Å². The van der Waals surface area contributed by atoms with Crippen LogP contribution in [0, 0.1) is 11.8 Å². The molecular formula is C14H16Cl2O. The Morgan fingerprint density at radius 1 is 1.12 bits per heavy atom. The molecule has 0 aromatic heterocycles. The summed E-state index contributed by atoms with van der Waals surface area (Å²) in [5.41, 5.74) is 0.510. The second-order valence-corrected chi connectivity index (χ2v) is 5.73. The standard InChI is InChI=1S/C14H16Cl2O/c1-9-5-7-10(8-6-9)14(17)13-11(15)3-2-4-12(13)16/h2-4,9-10H,5-8H2,1H3. The van der Waals surface area contributed by atoms with Crippen molar-refractivity contribution < 1.29 is 4.79 Å². The Morgan fingerprint density at radius 3 is 2.18 bits per heavy atom. The van der Waals surface area contributed by atoms with Crippen LogP contribution in [0.2, 0.25) is 10.0 Å². The average Bonchev–Trinajstić information content (AvgIpc) is 2.29. The molecule has 3 heteroatoms. The van der Waals surface area contributed by atoms with Crippen LogP contribution in [0.3, 0.4) is 0 Å². The molecule has 0 spiro atoms. The number of benzene rings is 1. The maximum Gasteiger partial charge on any atom is 0.168 e. The topological polar surface area (TPSA) is 17.1 Å². The molecule has 0 saturated heterocycles. The summed E-state index contributed by atoms with van der Waals surface area (Å²) in [6, 6.07) is 5.22. The summed E-state index contributed by atoms with van der Waals surface area (Å²) in [6.07, 6.45) is 4.17. The van der Waals surface area contributed by atoms with Gasteiger partial charge in [0.1, 0.15) is 0 Å². The van der Waals surface area contributed by atoms with Crippen LogP contribution in [0.15, 0.2) is 18.2 Å². The second kappa shape index (κ2) is 5.41. The van der Waals surface area contributed by atoms with E-state index in [2.05, 4.69) is 6.92 Å². The first-order valence-electron chi connectivity index (χ1n) is 6.08. The first-order chi connectivity index (χ1) is 8.09. The molecule has 0 heterocycles. The van der Waals surface area contributed by atoms with Gasteiger partial charge in [0.2, 0.25) is 0 Å². The van der Waals surface area contributed by atoms with Gasteiger partial charge in [-0.1, -0.05) is 49.0 Å². The lowest BCUT2D eigenvalue weighted by atomic mass is 9.79. The van der Waals surface area contributed by atoms with E-state index in [0.29, 0.717) is 15.6 Å². The predicted octanol–water partition coefficient (Wildman–Crippen LogP) is 5.00. The van der Waals surface area contributed by atoms with Gasteiger partial charge in [0, 0.05) is 5.92 Å². The molecule has 1 aliphatic rings. The fourth-order valence-electron chi connectivity index (χ4n) is 2.46. The lowest BCUT2D eigenvalue weighted by Crippen LogP contribution is -2.21. The third-order valence-electron chi connectivity index (χ3n) is 3.60. The molecule has 2 rings (SSSR count). The molecule has 1 aliphatic carbocycles. The smallest absolute Gasteiger partial charge is 0.168 e. The molecule has 1 nitrogen and oxygen atoms in total. The number of carbonyl (C=O) groups is 1. The highest BCUT2D eigenvalue weighted by Gasteiger charge is 2.27. The quantitative estimate of drug-likeness (QED) is 0.691. The van der Waals surface area contributed by atoms with E-state index in [0.717, 1.165) is 31.6 Å². The van der Waals surface area contributed by atoms with Gasteiger partial charge in [-0.15, -0.1) is 0 Å². The summed E-state index contributed by atoms with van der Waals surface area (Å²) in [5.74, 6) is 0.955. The molecule has 1 aromatic carbocycles. The molecule has 0 bridgehead atoms. The fraction of sp³-hybridized carbons (Fsp3) is 0.500. The summed E-state index contributed by atoms with van der Waals surface area (Å²) >= 11 is 12.1. The van der Waals surface area contributed by atoms with Crippen LogP contribution in [-0.2, 0) is 0 Å². The van der Waals surface area contributed by atoms with Crippen LogP contribution in [0.25, 0.3) is 0 Å². The van der Waals surface area contributed by atoms with Gasteiger partial charge in [0.25, 0.3) is 0 Å². The van der Waals surface area contributed by atoms with E-state index in [1.54, 1.807) is 18.2 Å². The molecule has 0 radical (unpaired) electrons. The fourth-order valence-corrected chi connectivity index (χ4v) is 3.04. The summed E-state index contributed by atoms with van der Waals surface area (Å²) in [6.45, 7) is 2.24. The largest absolute Gasteiger partial charge is 0.294 e. The van der Waals surface area contributed by atoms with E-state index in [-0.39, 0.29) is 11.7 Å². The number of hydrogen-bond donors (Lipinski definition) is 0. The number of rotatable bonds is 2. The van der Waals surface area contributed by atoms with E-state index in [1.807, 2.05) is 0 Å². The molecule has 1 fully saturated rings. The Labute approximate surface area is 112 Å². The van der Waals surface area contributed by atoms with Crippen molar-refractivity contribution >= 4 is 29.0 Å². The molecular weight excluding hydrogens is 255 g/mol.